The van der Waals surface area contributed by atoms with Crippen LogP contribution in [-0.2, 0) is 6.42 Å². The lowest BCUT2D eigenvalue weighted by Gasteiger charge is -2.07. The quantitative estimate of drug-likeness (QED) is 0.569. The molecule has 1 rings (SSSR count). The average Bonchev–Trinajstić information content (AvgIpc) is 2.32. The van der Waals surface area contributed by atoms with Gasteiger partial charge < -0.3 is 5.32 Å². The van der Waals surface area contributed by atoms with E-state index in [1.54, 1.807) is 6.07 Å². The lowest BCUT2D eigenvalue weighted by atomic mass is 10.1. The summed E-state index contributed by atoms with van der Waals surface area (Å²) in [5.74, 6) is 0.399. The van der Waals surface area contributed by atoms with Crippen molar-refractivity contribution in [3.8, 4) is 0 Å². The van der Waals surface area contributed by atoms with Crippen LogP contribution in [0.3, 0.4) is 0 Å². The fraction of sp³-hybridized carbons (Fsp3) is 0.500. The van der Waals surface area contributed by atoms with Gasteiger partial charge in [-0.2, -0.15) is 0 Å². The van der Waals surface area contributed by atoms with Crippen LogP contribution in [0.1, 0.15) is 32.8 Å². The molecule has 0 aliphatic heterocycles. The van der Waals surface area contributed by atoms with Gasteiger partial charge in [0.05, 0.1) is 0 Å². The van der Waals surface area contributed by atoms with Gasteiger partial charge in [0.2, 0.25) is 0 Å². The Hall–Kier alpha value is -0.860. The first-order chi connectivity index (χ1) is 8.99. The standard InChI is InChI=1S/C16H23ClFN/c1-12(2)11-19-8-4-5-13(3)9-14-6-7-15(18)10-16(14)17/h5-7,10,12,19H,4,8-9,11H2,1-3H3. The maximum Gasteiger partial charge on any atom is 0.124 e. The monoisotopic (exact) mass is 283 g/mol. The summed E-state index contributed by atoms with van der Waals surface area (Å²) in [6.07, 6.45) is 4.01. The second-order valence-corrected chi connectivity index (χ2v) is 5.76. The Morgan fingerprint density at radius 2 is 2.16 bits per heavy atom. The molecule has 0 saturated carbocycles. The van der Waals surface area contributed by atoms with Crippen molar-refractivity contribution in [2.45, 2.75) is 33.6 Å². The zero-order chi connectivity index (χ0) is 14.3. The summed E-state index contributed by atoms with van der Waals surface area (Å²) < 4.78 is 12.9. The highest BCUT2D eigenvalue weighted by Gasteiger charge is 2.02. The van der Waals surface area contributed by atoms with Gasteiger partial charge in [-0.1, -0.05) is 43.2 Å². The molecule has 0 amide bonds. The summed E-state index contributed by atoms with van der Waals surface area (Å²) in [6, 6.07) is 4.58. The van der Waals surface area contributed by atoms with Crippen molar-refractivity contribution < 1.29 is 4.39 Å². The van der Waals surface area contributed by atoms with Crippen LogP contribution in [0, 0.1) is 11.7 Å². The molecular weight excluding hydrogens is 261 g/mol. The molecule has 1 nitrogen and oxygen atoms in total. The summed E-state index contributed by atoms with van der Waals surface area (Å²) in [4.78, 5) is 0. The Morgan fingerprint density at radius 1 is 1.42 bits per heavy atom. The van der Waals surface area contributed by atoms with Crippen LogP contribution >= 0.6 is 11.6 Å². The van der Waals surface area contributed by atoms with Gasteiger partial charge >= 0.3 is 0 Å². The van der Waals surface area contributed by atoms with E-state index in [0.717, 1.165) is 31.5 Å². The number of benzene rings is 1. The Morgan fingerprint density at radius 3 is 2.79 bits per heavy atom. The van der Waals surface area contributed by atoms with Gasteiger partial charge in [-0.3, -0.25) is 0 Å². The number of allylic oxidation sites excluding steroid dienone is 1. The van der Waals surface area contributed by atoms with Crippen LogP contribution in [0.5, 0.6) is 0 Å². The highest BCUT2D eigenvalue weighted by Crippen LogP contribution is 2.20. The largest absolute Gasteiger partial charge is 0.316 e. The van der Waals surface area contributed by atoms with E-state index in [1.165, 1.54) is 17.7 Å². The first-order valence-electron chi connectivity index (χ1n) is 6.79. The van der Waals surface area contributed by atoms with E-state index in [0.29, 0.717) is 10.9 Å². The second-order valence-electron chi connectivity index (χ2n) is 5.35. The van der Waals surface area contributed by atoms with Crippen molar-refractivity contribution in [2.75, 3.05) is 13.1 Å². The molecule has 0 bridgehead atoms. The SMILES string of the molecule is CC(=CCCNCC(C)C)Cc1ccc(F)cc1Cl. The summed E-state index contributed by atoms with van der Waals surface area (Å²) in [5.41, 5.74) is 2.24. The van der Waals surface area contributed by atoms with Gasteiger partial charge in [0.1, 0.15) is 5.82 Å². The summed E-state index contributed by atoms with van der Waals surface area (Å²) in [5, 5.41) is 3.91. The molecule has 0 saturated heterocycles. The Kier molecular flexibility index (Phi) is 7.11. The van der Waals surface area contributed by atoms with Gasteiger partial charge in [-0.05, 0) is 56.5 Å². The first-order valence-corrected chi connectivity index (χ1v) is 7.17. The van der Waals surface area contributed by atoms with E-state index in [4.69, 9.17) is 11.6 Å². The number of halogens is 2. The van der Waals surface area contributed by atoms with Crippen LogP contribution in [0.4, 0.5) is 4.39 Å². The lowest BCUT2D eigenvalue weighted by molar-refractivity contribution is 0.556. The van der Waals surface area contributed by atoms with Crippen LogP contribution in [0.25, 0.3) is 0 Å². The fourth-order valence-electron chi connectivity index (χ4n) is 1.85. The third-order valence-electron chi connectivity index (χ3n) is 2.85. The van der Waals surface area contributed by atoms with E-state index in [1.807, 2.05) is 0 Å². The predicted molar refractivity (Wildman–Crippen MR) is 81.2 cm³/mol. The molecule has 0 aromatic heterocycles. The summed E-state index contributed by atoms with van der Waals surface area (Å²) in [7, 11) is 0. The number of nitrogens with one attached hydrogen (secondary N) is 1. The minimum absolute atomic E-state index is 0.284. The molecule has 0 radical (unpaired) electrons. The van der Waals surface area contributed by atoms with Crippen molar-refractivity contribution in [3.63, 3.8) is 0 Å². The number of hydrogen-bond acceptors (Lipinski definition) is 1. The summed E-state index contributed by atoms with van der Waals surface area (Å²) >= 11 is 6.01. The molecule has 0 aliphatic carbocycles. The zero-order valence-corrected chi connectivity index (χ0v) is 12.7. The normalized spacial score (nSPS) is 12.2. The van der Waals surface area contributed by atoms with E-state index in [-0.39, 0.29) is 5.82 Å². The topological polar surface area (TPSA) is 12.0 Å². The minimum atomic E-state index is -0.284. The van der Waals surface area contributed by atoms with Gasteiger partial charge in [-0.25, -0.2) is 4.39 Å². The van der Waals surface area contributed by atoms with Crippen LogP contribution < -0.4 is 5.32 Å². The van der Waals surface area contributed by atoms with Crippen LogP contribution in [-0.4, -0.2) is 13.1 Å². The molecule has 1 N–H and O–H groups in total. The highest BCUT2D eigenvalue weighted by molar-refractivity contribution is 6.31. The molecule has 0 fully saturated rings. The Balaban J connectivity index is 2.39. The molecule has 0 atom stereocenters. The van der Waals surface area contributed by atoms with Gasteiger partial charge in [0.25, 0.3) is 0 Å². The molecule has 0 aliphatic rings. The van der Waals surface area contributed by atoms with Crippen molar-refractivity contribution in [2.24, 2.45) is 5.92 Å². The van der Waals surface area contributed by atoms with Crippen molar-refractivity contribution in [3.05, 3.63) is 46.3 Å². The van der Waals surface area contributed by atoms with E-state index < -0.39 is 0 Å². The number of hydrogen-bond donors (Lipinski definition) is 1. The van der Waals surface area contributed by atoms with Crippen molar-refractivity contribution in [1.29, 1.82) is 0 Å². The highest BCUT2D eigenvalue weighted by atomic mass is 35.5. The van der Waals surface area contributed by atoms with Crippen molar-refractivity contribution >= 4 is 11.6 Å². The number of rotatable bonds is 7. The van der Waals surface area contributed by atoms with Gasteiger partial charge in [-0.15, -0.1) is 0 Å². The minimum Gasteiger partial charge on any atom is -0.316 e. The molecule has 0 heterocycles. The average molecular weight is 284 g/mol. The third-order valence-corrected chi connectivity index (χ3v) is 3.20. The maximum absolute atomic E-state index is 12.9. The van der Waals surface area contributed by atoms with Crippen LogP contribution in [0.15, 0.2) is 29.8 Å². The summed E-state index contributed by atoms with van der Waals surface area (Å²) in [6.45, 7) is 8.53. The lowest BCUT2D eigenvalue weighted by Crippen LogP contribution is -2.20. The molecule has 0 unspecified atom stereocenters. The Bertz CT molecular complexity index is 427. The molecule has 0 spiro atoms. The molecular formula is C16H23ClFN. The van der Waals surface area contributed by atoms with E-state index >= 15 is 0 Å². The smallest absolute Gasteiger partial charge is 0.124 e. The Labute approximate surface area is 120 Å². The molecule has 1 aromatic carbocycles. The van der Waals surface area contributed by atoms with Gasteiger partial charge in [0, 0.05) is 5.02 Å². The molecule has 106 valence electrons. The van der Waals surface area contributed by atoms with E-state index in [9.17, 15) is 4.39 Å². The molecule has 19 heavy (non-hydrogen) atoms. The molecule has 3 heteroatoms. The van der Waals surface area contributed by atoms with Crippen molar-refractivity contribution in [1.82, 2.24) is 5.32 Å². The maximum atomic E-state index is 12.9. The molecule has 1 aromatic rings. The van der Waals surface area contributed by atoms with E-state index in [2.05, 4.69) is 32.2 Å². The van der Waals surface area contributed by atoms with Crippen LogP contribution in [0.2, 0.25) is 5.02 Å². The first kappa shape index (κ1) is 16.2. The zero-order valence-electron chi connectivity index (χ0n) is 12.0. The fourth-order valence-corrected chi connectivity index (χ4v) is 2.08. The second kappa shape index (κ2) is 8.34. The third kappa shape index (κ3) is 6.74. The predicted octanol–water partition coefficient (Wildman–Crippen LogP) is 4.60. The van der Waals surface area contributed by atoms with Gasteiger partial charge in [0.15, 0.2) is 0 Å².